The minimum atomic E-state index is -0.491. The van der Waals surface area contributed by atoms with Gasteiger partial charge < -0.3 is 13.7 Å². The van der Waals surface area contributed by atoms with E-state index in [0.717, 1.165) is 11.0 Å². The van der Waals surface area contributed by atoms with Crippen LogP contribution < -0.4 is 0 Å². The molecule has 0 aliphatic rings. The third-order valence-electron chi connectivity index (χ3n) is 2.91. The largest absolute Gasteiger partial charge is 0.465 e. The van der Waals surface area contributed by atoms with Gasteiger partial charge in [-0.05, 0) is 19.1 Å². The number of para-hydroxylation sites is 1. The topological polar surface area (TPSA) is 65.5 Å². The standard InChI is InChI=1S/C14H11NO4/c1-8-12(14(16)17-2)13(15-19-8)11-7-9-5-3-4-6-10(9)18-11/h3-7H,1-2H3. The van der Waals surface area contributed by atoms with E-state index in [0.29, 0.717) is 22.8 Å². The molecule has 0 unspecified atom stereocenters. The Morgan fingerprint density at radius 3 is 2.84 bits per heavy atom. The van der Waals surface area contributed by atoms with Crippen LogP contribution >= 0.6 is 0 Å². The fraction of sp³-hybridized carbons (Fsp3) is 0.143. The van der Waals surface area contributed by atoms with Gasteiger partial charge in [-0.15, -0.1) is 0 Å². The van der Waals surface area contributed by atoms with Crippen molar-refractivity contribution in [3.63, 3.8) is 0 Å². The number of fused-ring (bicyclic) bond motifs is 1. The molecule has 19 heavy (non-hydrogen) atoms. The van der Waals surface area contributed by atoms with Crippen molar-refractivity contribution in [2.24, 2.45) is 0 Å². The normalized spacial score (nSPS) is 10.8. The van der Waals surface area contributed by atoms with E-state index in [4.69, 9.17) is 13.7 Å². The molecule has 2 heterocycles. The Morgan fingerprint density at radius 1 is 1.32 bits per heavy atom. The number of nitrogens with zero attached hydrogens (tertiary/aromatic N) is 1. The second-order valence-electron chi connectivity index (χ2n) is 4.10. The maximum atomic E-state index is 11.7. The van der Waals surface area contributed by atoms with Crippen LogP contribution in [0.1, 0.15) is 16.1 Å². The molecular formula is C14H11NO4. The fourth-order valence-electron chi connectivity index (χ4n) is 1.98. The number of carbonyl (C=O) groups is 1. The zero-order valence-electron chi connectivity index (χ0n) is 10.5. The molecule has 0 bridgehead atoms. The van der Waals surface area contributed by atoms with Gasteiger partial charge in [-0.3, -0.25) is 0 Å². The number of aryl methyl sites for hydroxylation is 1. The molecule has 3 aromatic rings. The summed E-state index contributed by atoms with van der Waals surface area (Å²) in [5.41, 5.74) is 1.39. The number of aromatic nitrogens is 1. The van der Waals surface area contributed by atoms with Gasteiger partial charge in [-0.1, -0.05) is 23.4 Å². The molecule has 0 aliphatic heterocycles. The van der Waals surface area contributed by atoms with E-state index in [9.17, 15) is 4.79 Å². The number of hydrogen-bond acceptors (Lipinski definition) is 5. The molecule has 3 rings (SSSR count). The molecule has 0 amide bonds. The lowest BCUT2D eigenvalue weighted by atomic mass is 10.1. The zero-order chi connectivity index (χ0) is 13.4. The van der Waals surface area contributed by atoms with Gasteiger partial charge in [0.05, 0.1) is 7.11 Å². The molecule has 0 spiro atoms. The number of rotatable bonds is 2. The van der Waals surface area contributed by atoms with Crippen LogP contribution in [-0.2, 0) is 4.74 Å². The Bertz CT molecular complexity index is 721. The third-order valence-corrected chi connectivity index (χ3v) is 2.91. The van der Waals surface area contributed by atoms with Crippen LogP contribution in [0.25, 0.3) is 22.4 Å². The first-order valence-electron chi connectivity index (χ1n) is 5.74. The zero-order valence-corrected chi connectivity index (χ0v) is 10.5. The average molecular weight is 257 g/mol. The summed E-state index contributed by atoms with van der Waals surface area (Å²) in [4.78, 5) is 11.7. The number of ether oxygens (including phenoxy) is 1. The van der Waals surface area contributed by atoms with Gasteiger partial charge in [0.15, 0.2) is 11.5 Å². The predicted octanol–water partition coefficient (Wildman–Crippen LogP) is 3.18. The molecule has 5 heteroatoms. The second-order valence-corrected chi connectivity index (χ2v) is 4.10. The highest BCUT2D eigenvalue weighted by molar-refractivity contribution is 5.97. The fourth-order valence-corrected chi connectivity index (χ4v) is 1.98. The van der Waals surface area contributed by atoms with Crippen LogP contribution in [-0.4, -0.2) is 18.2 Å². The van der Waals surface area contributed by atoms with Crippen molar-refractivity contribution in [1.29, 1.82) is 0 Å². The molecule has 2 aromatic heterocycles. The number of methoxy groups -OCH3 is 1. The van der Waals surface area contributed by atoms with E-state index in [-0.39, 0.29) is 0 Å². The number of esters is 1. The smallest absolute Gasteiger partial charge is 0.343 e. The van der Waals surface area contributed by atoms with Crippen LogP contribution in [0.2, 0.25) is 0 Å². The van der Waals surface area contributed by atoms with Gasteiger partial charge in [0, 0.05) is 5.39 Å². The molecule has 96 valence electrons. The van der Waals surface area contributed by atoms with E-state index in [1.807, 2.05) is 30.3 Å². The van der Waals surface area contributed by atoms with Gasteiger partial charge in [-0.2, -0.15) is 0 Å². The van der Waals surface area contributed by atoms with Gasteiger partial charge in [0.25, 0.3) is 0 Å². The van der Waals surface area contributed by atoms with Crippen molar-refractivity contribution in [2.75, 3.05) is 7.11 Å². The lowest BCUT2D eigenvalue weighted by Gasteiger charge is -1.97. The van der Waals surface area contributed by atoms with Crippen molar-refractivity contribution < 1.29 is 18.5 Å². The van der Waals surface area contributed by atoms with Crippen LogP contribution in [0.15, 0.2) is 39.3 Å². The number of furan rings is 1. The first-order valence-corrected chi connectivity index (χ1v) is 5.74. The Hall–Kier alpha value is -2.56. The molecule has 0 fully saturated rings. The maximum Gasteiger partial charge on any atom is 0.343 e. The van der Waals surface area contributed by atoms with E-state index in [1.165, 1.54) is 7.11 Å². The summed E-state index contributed by atoms with van der Waals surface area (Å²) in [5, 5.41) is 4.82. The van der Waals surface area contributed by atoms with Crippen LogP contribution in [0.3, 0.4) is 0 Å². The molecule has 0 saturated heterocycles. The summed E-state index contributed by atoms with van der Waals surface area (Å²) in [7, 11) is 1.32. The van der Waals surface area contributed by atoms with E-state index in [1.54, 1.807) is 6.92 Å². The van der Waals surface area contributed by atoms with Crippen molar-refractivity contribution in [3.05, 3.63) is 41.7 Å². The second kappa shape index (κ2) is 4.28. The van der Waals surface area contributed by atoms with E-state index in [2.05, 4.69) is 5.16 Å². The third kappa shape index (κ3) is 1.79. The van der Waals surface area contributed by atoms with Crippen LogP contribution in [0, 0.1) is 6.92 Å². The molecule has 0 aliphatic carbocycles. The summed E-state index contributed by atoms with van der Waals surface area (Å²) < 4.78 is 15.5. The molecule has 5 nitrogen and oxygen atoms in total. The van der Waals surface area contributed by atoms with Gasteiger partial charge >= 0.3 is 5.97 Å². The Balaban J connectivity index is 2.19. The van der Waals surface area contributed by atoms with E-state index >= 15 is 0 Å². The molecule has 0 N–H and O–H groups in total. The summed E-state index contributed by atoms with van der Waals surface area (Å²) in [6.07, 6.45) is 0. The highest BCUT2D eigenvalue weighted by atomic mass is 16.5. The van der Waals surface area contributed by atoms with Crippen LogP contribution in [0.5, 0.6) is 0 Å². The van der Waals surface area contributed by atoms with Crippen molar-refractivity contribution in [2.45, 2.75) is 6.92 Å². The summed E-state index contributed by atoms with van der Waals surface area (Å²) >= 11 is 0. The van der Waals surface area contributed by atoms with Crippen molar-refractivity contribution >= 4 is 16.9 Å². The minimum absolute atomic E-state index is 0.293. The van der Waals surface area contributed by atoms with E-state index < -0.39 is 5.97 Å². The highest BCUT2D eigenvalue weighted by Gasteiger charge is 2.24. The van der Waals surface area contributed by atoms with Crippen LogP contribution in [0.4, 0.5) is 0 Å². The van der Waals surface area contributed by atoms with Gasteiger partial charge in [0.2, 0.25) is 0 Å². The van der Waals surface area contributed by atoms with Crippen molar-refractivity contribution in [1.82, 2.24) is 5.16 Å². The lowest BCUT2D eigenvalue weighted by Crippen LogP contribution is -2.03. The quantitative estimate of drug-likeness (QED) is 0.659. The Kier molecular flexibility index (Phi) is 2.59. The lowest BCUT2D eigenvalue weighted by molar-refractivity contribution is 0.0599. The number of hydrogen-bond donors (Lipinski definition) is 0. The Labute approximate surface area is 108 Å². The number of carbonyl (C=O) groups excluding carboxylic acids is 1. The molecule has 0 atom stereocenters. The van der Waals surface area contributed by atoms with Gasteiger partial charge in [0.1, 0.15) is 16.9 Å². The Morgan fingerprint density at radius 2 is 2.11 bits per heavy atom. The first-order chi connectivity index (χ1) is 9.20. The highest BCUT2D eigenvalue weighted by Crippen LogP contribution is 2.30. The molecule has 0 radical (unpaired) electrons. The van der Waals surface area contributed by atoms with Gasteiger partial charge in [-0.25, -0.2) is 4.79 Å². The minimum Gasteiger partial charge on any atom is -0.465 e. The molecule has 1 aromatic carbocycles. The first kappa shape index (κ1) is 11.5. The maximum absolute atomic E-state index is 11.7. The monoisotopic (exact) mass is 257 g/mol. The summed E-state index contributed by atoms with van der Waals surface area (Å²) in [6.45, 7) is 1.66. The summed E-state index contributed by atoms with van der Waals surface area (Å²) in [5.74, 6) is 0.398. The average Bonchev–Trinajstić information content (AvgIpc) is 3.00. The molecular weight excluding hydrogens is 246 g/mol. The number of benzene rings is 1. The van der Waals surface area contributed by atoms with Crippen molar-refractivity contribution in [3.8, 4) is 11.5 Å². The summed E-state index contributed by atoms with van der Waals surface area (Å²) in [6, 6.07) is 9.39. The SMILES string of the molecule is COC(=O)c1c(-c2cc3ccccc3o2)noc1C. The predicted molar refractivity (Wildman–Crippen MR) is 67.8 cm³/mol. The molecule has 0 saturated carbocycles.